The van der Waals surface area contributed by atoms with Gasteiger partial charge in [-0.1, -0.05) is 11.6 Å². The third-order valence-electron chi connectivity index (χ3n) is 2.72. The molecular weight excluding hydrogens is 282 g/mol. The second-order valence-corrected chi connectivity index (χ2v) is 4.56. The molecule has 0 amide bonds. The summed E-state index contributed by atoms with van der Waals surface area (Å²) >= 11 is 5.87. The van der Waals surface area contributed by atoms with Crippen molar-refractivity contribution < 1.29 is 14.3 Å². The largest absolute Gasteiger partial charge is 0.476 e. The molecule has 20 heavy (non-hydrogen) atoms. The van der Waals surface area contributed by atoms with Gasteiger partial charge < -0.3 is 9.52 Å². The van der Waals surface area contributed by atoms with Gasteiger partial charge >= 0.3 is 5.97 Å². The van der Waals surface area contributed by atoms with Crippen molar-refractivity contribution in [2.75, 3.05) is 0 Å². The van der Waals surface area contributed by atoms with Crippen molar-refractivity contribution in [1.82, 2.24) is 15.0 Å². The predicted octanol–water partition coefficient (Wildman–Crippen LogP) is 2.94. The van der Waals surface area contributed by atoms with E-state index in [-0.39, 0.29) is 11.6 Å². The first-order valence-electron chi connectivity index (χ1n) is 5.68. The van der Waals surface area contributed by atoms with E-state index in [0.29, 0.717) is 27.5 Å². The normalized spacial score (nSPS) is 10.9. The molecule has 6 nitrogen and oxygen atoms in total. The van der Waals surface area contributed by atoms with Crippen LogP contribution >= 0.6 is 11.6 Å². The maximum absolute atomic E-state index is 10.9. The van der Waals surface area contributed by atoms with Crippen molar-refractivity contribution >= 4 is 28.7 Å². The van der Waals surface area contributed by atoms with Crippen LogP contribution in [-0.4, -0.2) is 26.0 Å². The maximum atomic E-state index is 10.9. The van der Waals surface area contributed by atoms with Crippen LogP contribution in [0.15, 0.2) is 28.8 Å². The van der Waals surface area contributed by atoms with E-state index in [0.717, 1.165) is 0 Å². The molecule has 7 heteroatoms. The number of aromatic carboxylic acids is 1. The van der Waals surface area contributed by atoms with Gasteiger partial charge in [0.15, 0.2) is 11.3 Å². The zero-order valence-electron chi connectivity index (χ0n) is 10.3. The zero-order valence-corrected chi connectivity index (χ0v) is 11.0. The lowest BCUT2D eigenvalue weighted by molar-refractivity contribution is 0.0689. The number of carboxylic acid groups (broad SMARTS) is 1. The van der Waals surface area contributed by atoms with Crippen LogP contribution in [0.1, 0.15) is 16.2 Å². The Labute approximate surface area is 118 Å². The summed E-state index contributed by atoms with van der Waals surface area (Å²) in [5, 5.41) is 9.46. The highest BCUT2D eigenvalue weighted by molar-refractivity contribution is 6.31. The Morgan fingerprint density at radius 1 is 1.35 bits per heavy atom. The highest BCUT2D eigenvalue weighted by Crippen LogP contribution is 2.25. The number of aryl methyl sites for hydroxylation is 1. The van der Waals surface area contributed by atoms with E-state index in [1.54, 1.807) is 25.1 Å². The summed E-state index contributed by atoms with van der Waals surface area (Å²) in [6.07, 6.45) is 1.32. The summed E-state index contributed by atoms with van der Waals surface area (Å²) in [5.74, 6) is -0.847. The van der Waals surface area contributed by atoms with Gasteiger partial charge in [-0.2, -0.15) is 0 Å². The quantitative estimate of drug-likeness (QED) is 0.780. The first kappa shape index (κ1) is 12.6. The number of oxazole rings is 1. The van der Waals surface area contributed by atoms with Crippen LogP contribution in [-0.2, 0) is 0 Å². The first-order chi connectivity index (χ1) is 9.54. The molecule has 0 spiro atoms. The average molecular weight is 290 g/mol. The van der Waals surface area contributed by atoms with Crippen LogP contribution in [0.4, 0.5) is 0 Å². The van der Waals surface area contributed by atoms with Gasteiger partial charge in [-0.15, -0.1) is 0 Å². The molecular formula is C13H8ClN3O3. The third kappa shape index (κ3) is 2.10. The van der Waals surface area contributed by atoms with Gasteiger partial charge in [-0.3, -0.25) is 0 Å². The van der Waals surface area contributed by atoms with Crippen LogP contribution in [0, 0.1) is 6.92 Å². The fourth-order valence-electron chi connectivity index (χ4n) is 1.80. The van der Waals surface area contributed by atoms with E-state index < -0.39 is 5.97 Å². The standard InChI is InChI=1S/C13H8ClN3O3/c1-6-11(13(18)19)15-5-9(16-6)12-17-8-3-2-7(14)4-10(8)20-12/h2-5H,1H3,(H,18,19). The SMILES string of the molecule is Cc1nc(-c2nc3ccc(Cl)cc3o2)cnc1C(=O)O. The number of fused-ring (bicyclic) bond motifs is 1. The van der Waals surface area contributed by atoms with Crippen molar-refractivity contribution in [3.8, 4) is 11.6 Å². The molecule has 1 N–H and O–H groups in total. The summed E-state index contributed by atoms with van der Waals surface area (Å²) < 4.78 is 5.54. The van der Waals surface area contributed by atoms with Gasteiger partial charge in [0.1, 0.15) is 11.2 Å². The highest BCUT2D eigenvalue weighted by Gasteiger charge is 2.15. The van der Waals surface area contributed by atoms with Gasteiger partial charge in [0.25, 0.3) is 0 Å². The summed E-state index contributed by atoms with van der Waals surface area (Å²) in [6, 6.07) is 5.09. The van der Waals surface area contributed by atoms with E-state index in [1.807, 2.05) is 0 Å². The number of hydrogen-bond acceptors (Lipinski definition) is 5. The number of aromatic nitrogens is 3. The van der Waals surface area contributed by atoms with Gasteiger partial charge in [0.2, 0.25) is 5.89 Å². The fraction of sp³-hybridized carbons (Fsp3) is 0.0769. The molecule has 0 fully saturated rings. The maximum Gasteiger partial charge on any atom is 0.356 e. The number of nitrogens with zero attached hydrogens (tertiary/aromatic N) is 3. The van der Waals surface area contributed by atoms with E-state index in [2.05, 4.69) is 15.0 Å². The Morgan fingerprint density at radius 3 is 2.85 bits per heavy atom. The number of carboxylic acids is 1. The molecule has 2 aromatic heterocycles. The molecule has 3 rings (SSSR count). The van der Waals surface area contributed by atoms with E-state index in [1.165, 1.54) is 6.20 Å². The Bertz CT molecular complexity index is 829. The van der Waals surface area contributed by atoms with E-state index in [9.17, 15) is 4.79 Å². The van der Waals surface area contributed by atoms with Gasteiger partial charge in [0.05, 0.1) is 11.9 Å². The van der Waals surface area contributed by atoms with Crippen molar-refractivity contribution in [2.45, 2.75) is 6.92 Å². The third-order valence-corrected chi connectivity index (χ3v) is 2.95. The van der Waals surface area contributed by atoms with Crippen LogP contribution < -0.4 is 0 Å². The monoisotopic (exact) mass is 289 g/mol. The number of benzene rings is 1. The Hall–Kier alpha value is -2.47. The molecule has 0 aliphatic heterocycles. The summed E-state index contributed by atoms with van der Waals surface area (Å²) in [6.45, 7) is 1.57. The zero-order chi connectivity index (χ0) is 14.3. The molecule has 2 heterocycles. The van der Waals surface area contributed by atoms with E-state index >= 15 is 0 Å². The van der Waals surface area contributed by atoms with Crippen LogP contribution in [0.2, 0.25) is 5.02 Å². The Morgan fingerprint density at radius 2 is 2.15 bits per heavy atom. The molecule has 1 aromatic carbocycles. The predicted molar refractivity (Wildman–Crippen MR) is 71.7 cm³/mol. The van der Waals surface area contributed by atoms with Crippen LogP contribution in [0.3, 0.4) is 0 Å². The molecule has 100 valence electrons. The minimum Gasteiger partial charge on any atom is -0.476 e. The molecule has 0 bridgehead atoms. The Balaban J connectivity index is 2.11. The van der Waals surface area contributed by atoms with Gasteiger partial charge in [0, 0.05) is 11.1 Å². The molecule has 0 saturated carbocycles. The topological polar surface area (TPSA) is 89.1 Å². The number of halogens is 1. The lowest BCUT2D eigenvalue weighted by Gasteiger charge is -2.00. The smallest absolute Gasteiger partial charge is 0.356 e. The lowest BCUT2D eigenvalue weighted by Crippen LogP contribution is -2.05. The second-order valence-electron chi connectivity index (χ2n) is 4.13. The average Bonchev–Trinajstić information content (AvgIpc) is 2.81. The van der Waals surface area contributed by atoms with Gasteiger partial charge in [-0.05, 0) is 19.1 Å². The number of rotatable bonds is 2. The summed E-state index contributed by atoms with van der Waals surface area (Å²) in [4.78, 5) is 23.2. The van der Waals surface area contributed by atoms with Crippen LogP contribution in [0.5, 0.6) is 0 Å². The molecule has 0 aliphatic carbocycles. The Kier molecular flexibility index (Phi) is 2.87. The molecule has 0 unspecified atom stereocenters. The molecule has 0 radical (unpaired) electrons. The van der Waals surface area contributed by atoms with Crippen molar-refractivity contribution in [3.63, 3.8) is 0 Å². The fourth-order valence-corrected chi connectivity index (χ4v) is 1.96. The van der Waals surface area contributed by atoms with Crippen LogP contribution in [0.25, 0.3) is 22.7 Å². The molecule has 3 aromatic rings. The second kappa shape index (κ2) is 4.57. The molecule has 0 aliphatic rings. The number of hydrogen-bond donors (Lipinski definition) is 1. The minimum absolute atomic E-state index is 0.0899. The first-order valence-corrected chi connectivity index (χ1v) is 6.06. The highest BCUT2D eigenvalue weighted by atomic mass is 35.5. The lowest BCUT2D eigenvalue weighted by atomic mass is 10.3. The van der Waals surface area contributed by atoms with Crippen molar-refractivity contribution in [3.05, 3.63) is 40.8 Å². The number of carbonyl (C=O) groups is 1. The van der Waals surface area contributed by atoms with Gasteiger partial charge in [-0.25, -0.2) is 19.7 Å². The molecule has 0 saturated heterocycles. The van der Waals surface area contributed by atoms with E-state index in [4.69, 9.17) is 21.1 Å². The molecule has 0 atom stereocenters. The van der Waals surface area contributed by atoms with Crippen molar-refractivity contribution in [1.29, 1.82) is 0 Å². The van der Waals surface area contributed by atoms with Crippen molar-refractivity contribution in [2.24, 2.45) is 0 Å². The minimum atomic E-state index is -1.12. The summed E-state index contributed by atoms with van der Waals surface area (Å²) in [5.41, 5.74) is 1.77. The summed E-state index contributed by atoms with van der Waals surface area (Å²) in [7, 11) is 0.